The third-order valence-electron chi connectivity index (χ3n) is 4.33. The van der Waals surface area contributed by atoms with E-state index in [0.717, 1.165) is 12.0 Å². The summed E-state index contributed by atoms with van der Waals surface area (Å²) in [6.45, 7) is 6.32. The first kappa shape index (κ1) is 17.0. The van der Waals surface area contributed by atoms with E-state index >= 15 is 0 Å². The third kappa shape index (κ3) is 3.50. The van der Waals surface area contributed by atoms with Crippen LogP contribution in [-0.2, 0) is 11.3 Å². The number of benzene rings is 1. The molecule has 0 aliphatic rings. The van der Waals surface area contributed by atoms with E-state index in [4.69, 9.17) is 4.42 Å². The maximum Gasteiger partial charge on any atom is 0.419 e. The number of oxazole rings is 1. The minimum Gasteiger partial charge on any atom is -0.408 e. The van der Waals surface area contributed by atoms with Crippen molar-refractivity contribution < 1.29 is 9.21 Å². The SMILES string of the molecule is CC[C@@H](C)n1nccc1NC(=O)CCn1c(=O)oc2ccc(C)cc21. The molecule has 7 heteroatoms. The Kier molecular flexibility index (Phi) is 4.74. The summed E-state index contributed by atoms with van der Waals surface area (Å²) in [7, 11) is 0. The van der Waals surface area contributed by atoms with Crippen LogP contribution in [0.3, 0.4) is 0 Å². The van der Waals surface area contributed by atoms with Gasteiger partial charge in [-0.3, -0.25) is 9.36 Å². The Morgan fingerprint density at radius 3 is 2.92 bits per heavy atom. The number of amides is 1. The summed E-state index contributed by atoms with van der Waals surface area (Å²) in [6.07, 6.45) is 2.76. The Morgan fingerprint density at radius 1 is 1.36 bits per heavy atom. The molecule has 25 heavy (non-hydrogen) atoms. The van der Waals surface area contributed by atoms with Crippen LogP contribution in [0, 0.1) is 6.92 Å². The lowest BCUT2D eigenvalue weighted by Gasteiger charge is -2.14. The molecule has 0 saturated heterocycles. The highest BCUT2D eigenvalue weighted by Gasteiger charge is 2.14. The third-order valence-corrected chi connectivity index (χ3v) is 4.33. The standard InChI is InChI=1S/C18H22N4O3/c1-4-13(3)22-16(7-9-19-22)20-17(23)8-10-21-14-11-12(2)5-6-15(14)25-18(21)24/h5-7,9,11,13H,4,8,10H2,1-3H3,(H,20,23)/t13-/m1/s1. The predicted octanol–water partition coefficient (Wildman–Crippen LogP) is 3.10. The topological polar surface area (TPSA) is 82.1 Å². The largest absolute Gasteiger partial charge is 0.419 e. The van der Waals surface area contributed by atoms with E-state index in [0.29, 0.717) is 16.9 Å². The van der Waals surface area contributed by atoms with Gasteiger partial charge in [0, 0.05) is 19.0 Å². The Hall–Kier alpha value is -2.83. The van der Waals surface area contributed by atoms with Crippen LogP contribution in [-0.4, -0.2) is 20.3 Å². The average Bonchev–Trinajstić information content (AvgIpc) is 3.16. The highest BCUT2D eigenvalue weighted by molar-refractivity contribution is 5.89. The van der Waals surface area contributed by atoms with Crippen molar-refractivity contribution in [2.24, 2.45) is 0 Å². The molecule has 2 aromatic heterocycles. The summed E-state index contributed by atoms with van der Waals surface area (Å²) in [5.74, 6) is 0.0524. The van der Waals surface area contributed by atoms with E-state index in [-0.39, 0.29) is 24.9 Å². The summed E-state index contributed by atoms with van der Waals surface area (Å²) < 4.78 is 8.51. The van der Waals surface area contributed by atoms with Crippen LogP contribution in [0.25, 0.3) is 11.1 Å². The van der Waals surface area contributed by atoms with Gasteiger partial charge in [0.05, 0.1) is 17.8 Å². The molecule has 0 radical (unpaired) electrons. The normalized spacial score (nSPS) is 12.4. The van der Waals surface area contributed by atoms with Crippen molar-refractivity contribution in [3.8, 4) is 0 Å². The van der Waals surface area contributed by atoms with Crippen LogP contribution >= 0.6 is 0 Å². The number of fused-ring (bicyclic) bond motifs is 1. The highest BCUT2D eigenvalue weighted by Crippen LogP contribution is 2.17. The van der Waals surface area contributed by atoms with E-state index in [9.17, 15) is 9.59 Å². The van der Waals surface area contributed by atoms with Gasteiger partial charge in [0.1, 0.15) is 5.82 Å². The second-order valence-electron chi connectivity index (χ2n) is 6.21. The first-order chi connectivity index (χ1) is 12.0. The van der Waals surface area contributed by atoms with Gasteiger partial charge in [-0.15, -0.1) is 0 Å². The molecule has 7 nitrogen and oxygen atoms in total. The van der Waals surface area contributed by atoms with Crippen LogP contribution < -0.4 is 11.1 Å². The van der Waals surface area contributed by atoms with Gasteiger partial charge in [-0.25, -0.2) is 9.48 Å². The van der Waals surface area contributed by atoms with Crippen molar-refractivity contribution in [3.63, 3.8) is 0 Å². The summed E-state index contributed by atoms with van der Waals surface area (Å²) in [5, 5.41) is 7.11. The molecule has 0 aliphatic carbocycles. The Balaban J connectivity index is 1.71. The quantitative estimate of drug-likeness (QED) is 0.746. The molecular formula is C18H22N4O3. The Morgan fingerprint density at radius 2 is 2.16 bits per heavy atom. The maximum atomic E-state index is 12.3. The summed E-state index contributed by atoms with van der Waals surface area (Å²) in [4.78, 5) is 24.3. The minimum absolute atomic E-state index is 0.168. The fourth-order valence-corrected chi connectivity index (χ4v) is 2.74. The van der Waals surface area contributed by atoms with Gasteiger partial charge in [-0.2, -0.15) is 5.10 Å². The number of nitrogens with one attached hydrogen (secondary N) is 1. The Bertz CT molecular complexity index is 951. The molecule has 0 unspecified atom stereocenters. The number of anilines is 1. The van der Waals surface area contributed by atoms with Crippen LogP contribution in [0.2, 0.25) is 0 Å². The van der Waals surface area contributed by atoms with Crippen molar-refractivity contribution in [2.75, 3.05) is 5.32 Å². The van der Waals surface area contributed by atoms with Gasteiger partial charge >= 0.3 is 5.76 Å². The van der Waals surface area contributed by atoms with Crippen molar-refractivity contribution >= 4 is 22.8 Å². The molecule has 1 aromatic carbocycles. The van der Waals surface area contributed by atoms with Crippen LogP contribution in [0.15, 0.2) is 39.7 Å². The fraction of sp³-hybridized carbons (Fsp3) is 0.389. The van der Waals surface area contributed by atoms with Crippen LogP contribution in [0.5, 0.6) is 0 Å². The molecule has 132 valence electrons. The number of rotatable bonds is 6. The van der Waals surface area contributed by atoms with Gasteiger partial charge in [-0.1, -0.05) is 13.0 Å². The number of hydrogen-bond donors (Lipinski definition) is 1. The monoisotopic (exact) mass is 342 g/mol. The zero-order valence-electron chi connectivity index (χ0n) is 14.7. The van der Waals surface area contributed by atoms with E-state index in [2.05, 4.69) is 17.3 Å². The highest BCUT2D eigenvalue weighted by atomic mass is 16.4. The lowest BCUT2D eigenvalue weighted by atomic mass is 10.2. The zero-order valence-corrected chi connectivity index (χ0v) is 14.7. The molecular weight excluding hydrogens is 320 g/mol. The molecule has 0 aliphatic heterocycles. The fourth-order valence-electron chi connectivity index (χ4n) is 2.74. The molecule has 0 spiro atoms. The number of nitrogens with zero attached hydrogens (tertiary/aromatic N) is 3. The lowest BCUT2D eigenvalue weighted by Crippen LogP contribution is -2.21. The average molecular weight is 342 g/mol. The molecule has 0 saturated carbocycles. The van der Waals surface area contributed by atoms with E-state index in [1.165, 1.54) is 4.57 Å². The zero-order chi connectivity index (χ0) is 18.0. The number of hydrogen-bond acceptors (Lipinski definition) is 4. The maximum absolute atomic E-state index is 12.3. The number of carbonyl (C=O) groups excluding carboxylic acids is 1. The van der Waals surface area contributed by atoms with Crippen molar-refractivity contribution in [1.29, 1.82) is 0 Å². The van der Waals surface area contributed by atoms with Gasteiger partial charge in [0.15, 0.2) is 5.58 Å². The molecule has 1 atom stereocenters. The summed E-state index contributed by atoms with van der Waals surface area (Å²) in [6, 6.07) is 7.52. The molecule has 2 heterocycles. The van der Waals surface area contributed by atoms with Crippen molar-refractivity contribution in [3.05, 3.63) is 46.6 Å². The molecule has 1 amide bonds. The van der Waals surface area contributed by atoms with Crippen molar-refractivity contribution in [1.82, 2.24) is 14.3 Å². The van der Waals surface area contributed by atoms with Crippen LogP contribution in [0.1, 0.15) is 38.3 Å². The Labute approximate surface area is 145 Å². The molecule has 0 fully saturated rings. The molecule has 1 N–H and O–H groups in total. The second-order valence-corrected chi connectivity index (χ2v) is 6.21. The predicted molar refractivity (Wildman–Crippen MR) is 95.7 cm³/mol. The van der Waals surface area contributed by atoms with Gasteiger partial charge < -0.3 is 9.73 Å². The van der Waals surface area contributed by atoms with E-state index in [1.54, 1.807) is 23.0 Å². The summed E-state index contributed by atoms with van der Waals surface area (Å²) >= 11 is 0. The van der Waals surface area contributed by atoms with Gasteiger partial charge in [0.25, 0.3) is 0 Å². The lowest BCUT2D eigenvalue weighted by molar-refractivity contribution is -0.116. The first-order valence-corrected chi connectivity index (χ1v) is 8.43. The van der Waals surface area contributed by atoms with Crippen molar-refractivity contribution in [2.45, 2.75) is 46.2 Å². The number of carbonyl (C=O) groups is 1. The number of aryl methyl sites for hydroxylation is 2. The second kappa shape index (κ2) is 6.96. The summed E-state index contributed by atoms with van der Waals surface area (Å²) in [5.41, 5.74) is 2.28. The minimum atomic E-state index is -0.446. The van der Waals surface area contributed by atoms with E-state index in [1.807, 2.05) is 26.0 Å². The smallest absolute Gasteiger partial charge is 0.408 e. The van der Waals surface area contributed by atoms with E-state index < -0.39 is 5.76 Å². The molecule has 0 bridgehead atoms. The van der Waals surface area contributed by atoms with Gasteiger partial charge in [0.2, 0.25) is 5.91 Å². The molecule has 3 rings (SSSR count). The molecule has 3 aromatic rings. The first-order valence-electron chi connectivity index (χ1n) is 8.43. The van der Waals surface area contributed by atoms with Gasteiger partial charge in [-0.05, 0) is 38.0 Å². The van der Waals surface area contributed by atoms with Crippen LogP contribution in [0.4, 0.5) is 5.82 Å². The number of aromatic nitrogens is 3.